The van der Waals surface area contributed by atoms with E-state index in [0.717, 1.165) is 0 Å². The van der Waals surface area contributed by atoms with Crippen molar-refractivity contribution in [2.24, 2.45) is 0 Å². The summed E-state index contributed by atoms with van der Waals surface area (Å²) in [4.78, 5) is 11.9. The summed E-state index contributed by atoms with van der Waals surface area (Å²) in [6.45, 7) is 0. The average molecular weight is 256 g/mol. The summed E-state index contributed by atoms with van der Waals surface area (Å²) in [5.74, 6) is -0.280. The third-order valence-electron chi connectivity index (χ3n) is 2.87. The molecule has 3 nitrogen and oxygen atoms in total. The van der Waals surface area contributed by atoms with Gasteiger partial charge in [-0.05, 0) is 42.0 Å². The Morgan fingerprint density at radius 2 is 1.74 bits per heavy atom. The van der Waals surface area contributed by atoms with Crippen molar-refractivity contribution in [3.63, 3.8) is 0 Å². The number of hydrogen-bond acceptors (Lipinski definition) is 3. The van der Waals surface area contributed by atoms with Gasteiger partial charge in [-0.2, -0.15) is 0 Å². The third-order valence-corrected chi connectivity index (χ3v) is 2.87. The molecule has 3 aromatic rings. The Kier molecular flexibility index (Phi) is 2.56. The van der Waals surface area contributed by atoms with E-state index >= 15 is 0 Å². The molecule has 19 heavy (non-hydrogen) atoms. The summed E-state index contributed by atoms with van der Waals surface area (Å²) in [6, 6.07) is 11.7. The first-order valence-electron chi connectivity index (χ1n) is 5.66. The van der Waals surface area contributed by atoms with Crippen LogP contribution in [0.2, 0.25) is 0 Å². The van der Waals surface area contributed by atoms with Gasteiger partial charge in [-0.3, -0.25) is 0 Å². The van der Waals surface area contributed by atoms with Gasteiger partial charge in [0.05, 0.1) is 5.56 Å². The minimum absolute atomic E-state index is 0.0893. The first-order valence-corrected chi connectivity index (χ1v) is 5.66. The Bertz CT molecular complexity index is 804. The number of aromatic hydroxyl groups is 1. The van der Waals surface area contributed by atoms with Crippen LogP contribution in [0.4, 0.5) is 4.39 Å². The number of halogens is 1. The zero-order valence-electron chi connectivity index (χ0n) is 9.76. The van der Waals surface area contributed by atoms with Crippen LogP contribution >= 0.6 is 0 Å². The van der Waals surface area contributed by atoms with Gasteiger partial charge in [0.2, 0.25) is 0 Å². The van der Waals surface area contributed by atoms with E-state index in [1.54, 1.807) is 6.07 Å². The highest BCUT2D eigenvalue weighted by Crippen LogP contribution is 2.24. The fourth-order valence-corrected chi connectivity index (χ4v) is 1.94. The molecule has 0 aliphatic rings. The quantitative estimate of drug-likeness (QED) is 0.679. The molecule has 0 bridgehead atoms. The predicted molar refractivity (Wildman–Crippen MR) is 69.5 cm³/mol. The molecule has 2 aromatic carbocycles. The van der Waals surface area contributed by atoms with E-state index in [2.05, 4.69) is 0 Å². The lowest BCUT2D eigenvalue weighted by Crippen LogP contribution is -2.02. The van der Waals surface area contributed by atoms with Crippen molar-refractivity contribution >= 4 is 11.0 Å². The van der Waals surface area contributed by atoms with Crippen molar-refractivity contribution in [3.05, 3.63) is 64.8 Å². The predicted octanol–water partition coefficient (Wildman–Crippen LogP) is 3.30. The summed E-state index contributed by atoms with van der Waals surface area (Å²) in [6.07, 6.45) is 0. The van der Waals surface area contributed by atoms with Crippen molar-refractivity contribution in [1.29, 1.82) is 0 Å². The third kappa shape index (κ3) is 2.08. The van der Waals surface area contributed by atoms with Crippen LogP contribution in [-0.4, -0.2) is 5.11 Å². The van der Waals surface area contributed by atoms with Crippen LogP contribution in [0.5, 0.6) is 5.75 Å². The van der Waals surface area contributed by atoms with Crippen LogP contribution in [0.1, 0.15) is 0 Å². The topological polar surface area (TPSA) is 50.4 Å². The maximum Gasteiger partial charge on any atom is 0.344 e. The van der Waals surface area contributed by atoms with E-state index in [-0.39, 0.29) is 11.6 Å². The van der Waals surface area contributed by atoms with Crippen LogP contribution in [0.25, 0.3) is 22.1 Å². The maximum atomic E-state index is 12.9. The summed E-state index contributed by atoms with van der Waals surface area (Å²) in [5, 5.41) is 10.0. The smallest absolute Gasteiger partial charge is 0.344 e. The van der Waals surface area contributed by atoms with Crippen LogP contribution in [0.3, 0.4) is 0 Å². The lowest BCUT2D eigenvalue weighted by atomic mass is 10.1. The van der Waals surface area contributed by atoms with E-state index in [9.17, 15) is 14.3 Å². The first-order chi connectivity index (χ1) is 9.13. The normalized spacial score (nSPS) is 10.8. The van der Waals surface area contributed by atoms with Gasteiger partial charge in [-0.15, -0.1) is 0 Å². The first kappa shape index (κ1) is 11.5. The Hall–Kier alpha value is -2.62. The molecule has 0 aliphatic heterocycles. The lowest BCUT2D eigenvalue weighted by molar-refractivity contribution is 0.475. The van der Waals surface area contributed by atoms with Gasteiger partial charge in [0.15, 0.2) is 0 Å². The second kappa shape index (κ2) is 4.24. The molecule has 0 amide bonds. The molecule has 3 rings (SSSR count). The summed E-state index contributed by atoms with van der Waals surface area (Å²) in [7, 11) is 0. The van der Waals surface area contributed by atoms with E-state index < -0.39 is 5.63 Å². The van der Waals surface area contributed by atoms with E-state index in [0.29, 0.717) is 22.1 Å². The van der Waals surface area contributed by atoms with Crippen LogP contribution in [0, 0.1) is 5.82 Å². The molecule has 1 aromatic heterocycles. The molecule has 0 saturated heterocycles. The largest absolute Gasteiger partial charge is 0.508 e. The number of rotatable bonds is 1. The number of phenols is 1. The highest BCUT2D eigenvalue weighted by atomic mass is 19.1. The highest BCUT2D eigenvalue weighted by Gasteiger charge is 2.08. The van der Waals surface area contributed by atoms with Gasteiger partial charge in [-0.1, -0.05) is 12.1 Å². The highest BCUT2D eigenvalue weighted by molar-refractivity contribution is 5.82. The Labute approximate surface area is 107 Å². The molecular weight excluding hydrogens is 247 g/mol. The van der Waals surface area contributed by atoms with Gasteiger partial charge in [-0.25, -0.2) is 9.18 Å². The van der Waals surface area contributed by atoms with Gasteiger partial charge >= 0.3 is 5.63 Å². The number of fused-ring (bicyclic) bond motifs is 1. The summed E-state index contributed by atoms with van der Waals surface area (Å²) >= 11 is 0. The number of phenolic OH excluding ortho intramolecular Hbond substituents is 1. The molecule has 0 aliphatic carbocycles. The van der Waals surface area contributed by atoms with Crippen LogP contribution in [-0.2, 0) is 0 Å². The fourth-order valence-electron chi connectivity index (χ4n) is 1.94. The standard InChI is InChI=1S/C15H9FO3/c16-11-3-1-9(2-4-11)13-8-10-7-12(17)5-6-14(10)19-15(13)18/h1-8,17H. The Morgan fingerprint density at radius 3 is 2.47 bits per heavy atom. The lowest BCUT2D eigenvalue weighted by Gasteiger charge is -2.03. The second-order valence-electron chi connectivity index (χ2n) is 4.18. The number of hydrogen-bond donors (Lipinski definition) is 1. The zero-order chi connectivity index (χ0) is 13.4. The van der Waals surface area contributed by atoms with Crippen molar-refractivity contribution in [1.82, 2.24) is 0 Å². The Morgan fingerprint density at radius 1 is 1.00 bits per heavy atom. The van der Waals surface area contributed by atoms with Crippen molar-refractivity contribution in [2.45, 2.75) is 0 Å². The SMILES string of the molecule is O=c1oc2ccc(O)cc2cc1-c1ccc(F)cc1. The molecule has 0 atom stereocenters. The Balaban J connectivity index is 2.26. The van der Waals surface area contributed by atoms with Crippen LogP contribution < -0.4 is 5.63 Å². The molecule has 0 unspecified atom stereocenters. The molecule has 4 heteroatoms. The van der Waals surface area contributed by atoms with E-state index in [4.69, 9.17) is 4.42 Å². The van der Waals surface area contributed by atoms with Crippen molar-refractivity contribution in [2.75, 3.05) is 0 Å². The molecule has 0 fully saturated rings. The summed E-state index contributed by atoms with van der Waals surface area (Å²) in [5.41, 5.74) is 0.803. The molecular formula is C15H9FO3. The summed E-state index contributed by atoms with van der Waals surface area (Å²) < 4.78 is 18.0. The molecule has 0 radical (unpaired) electrons. The monoisotopic (exact) mass is 256 g/mol. The van der Waals surface area contributed by atoms with Crippen LogP contribution in [0.15, 0.2) is 57.7 Å². The zero-order valence-corrected chi connectivity index (χ0v) is 9.76. The average Bonchev–Trinajstić information content (AvgIpc) is 2.40. The molecule has 94 valence electrons. The van der Waals surface area contributed by atoms with E-state index in [1.165, 1.54) is 42.5 Å². The fraction of sp³-hybridized carbons (Fsp3) is 0. The number of benzene rings is 2. The van der Waals surface area contributed by atoms with Gasteiger partial charge in [0.25, 0.3) is 0 Å². The van der Waals surface area contributed by atoms with Crippen molar-refractivity contribution in [3.8, 4) is 16.9 Å². The van der Waals surface area contributed by atoms with Gasteiger partial charge in [0.1, 0.15) is 17.1 Å². The molecule has 0 saturated carbocycles. The maximum absolute atomic E-state index is 12.9. The molecule has 1 N–H and O–H groups in total. The molecule has 0 spiro atoms. The molecule has 1 heterocycles. The minimum Gasteiger partial charge on any atom is -0.508 e. The van der Waals surface area contributed by atoms with E-state index in [1.807, 2.05) is 0 Å². The van der Waals surface area contributed by atoms with Crippen molar-refractivity contribution < 1.29 is 13.9 Å². The minimum atomic E-state index is -0.496. The van der Waals surface area contributed by atoms with Gasteiger partial charge in [0, 0.05) is 5.39 Å². The second-order valence-corrected chi connectivity index (χ2v) is 4.18. The van der Waals surface area contributed by atoms with Gasteiger partial charge < -0.3 is 9.52 Å².